The number of rotatable bonds is 11. The predicted octanol–water partition coefficient (Wildman–Crippen LogP) is 4.69. The molecule has 0 aliphatic rings. The van der Waals surface area contributed by atoms with E-state index in [-0.39, 0.29) is 0 Å². The van der Waals surface area contributed by atoms with E-state index < -0.39 is 6.10 Å². The third-order valence-corrected chi connectivity index (χ3v) is 5.75. The van der Waals surface area contributed by atoms with Crippen molar-refractivity contribution in [3.63, 3.8) is 0 Å². The van der Waals surface area contributed by atoms with Crippen LogP contribution in [-0.4, -0.2) is 33.0 Å². The Kier molecular flexibility index (Phi) is 9.82. The third kappa shape index (κ3) is 7.62. The fourth-order valence-electron chi connectivity index (χ4n) is 2.88. The maximum absolute atomic E-state index is 10.4. The summed E-state index contributed by atoms with van der Waals surface area (Å²) < 4.78 is 18.2. The number of aliphatic hydroxyl groups is 1. The van der Waals surface area contributed by atoms with Gasteiger partial charge in [-0.25, -0.2) is 4.98 Å². The largest absolute Gasteiger partial charge is 0.494 e. The quantitative estimate of drug-likeness (QED) is 0.161. The summed E-state index contributed by atoms with van der Waals surface area (Å²) in [7, 11) is 0. The first-order valence-corrected chi connectivity index (χ1v) is 14.1. The van der Waals surface area contributed by atoms with Gasteiger partial charge in [0.15, 0.2) is 0 Å². The van der Waals surface area contributed by atoms with Gasteiger partial charge in [-0.1, -0.05) is 18.0 Å². The van der Waals surface area contributed by atoms with Crippen LogP contribution < -0.4 is 4.74 Å². The molecule has 0 radical (unpaired) electrons. The van der Waals surface area contributed by atoms with Crippen LogP contribution in [0.5, 0.6) is 5.75 Å². The molecule has 0 spiro atoms. The highest BCUT2D eigenvalue weighted by atomic mass is 127. The Hall–Kier alpha value is -1.92. The van der Waals surface area contributed by atoms with Gasteiger partial charge in [-0.2, -0.15) is 0 Å². The van der Waals surface area contributed by atoms with E-state index in [2.05, 4.69) is 44.0 Å². The molecule has 7 nitrogen and oxygen atoms in total. The Morgan fingerprint density at radius 2 is 2.03 bits per heavy atom. The normalized spacial score (nSPS) is 12.1. The zero-order valence-electron chi connectivity index (χ0n) is 17.3. The second-order valence-electron chi connectivity index (χ2n) is 6.74. The van der Waals surface area contributed by atoms with E-state index in [1.807, 2.05) is 42.0 Å². The molecular weight excluding hydrogens is 528 g/mol. The lowest BCUT2D eigenvalue weighted by Crippen LogP contribution is -2.10. The average Bonchev–Trinajstić information content (AvgIpc) is 3.45. The van der Waals surface area contributed by atoms with Crippen molar-refractivity contribution in [2.45, 2.75) is 38.8 Å². The van der Waals surface area contributed by atoms with Crippen LogP contribution in [0.2, 0.25) is 0 Å². The van der Waals surface area contributed by atoms with E-state index in [0.717, 1.165) is 43.0 Å². The topological polar surface area (TPSA) is 82.5 Å². The molecule has 0 amide bonds. The minimum absolute atomic E-state index is 0.371. The summed E-state index contributed by atoms with van der Waals surface area (Å²) >= 11 is 2.22. The van der Waals surface area contributed by atoms with Gasteiger partial charge in [0.2, 0.25) is 5.76 Å². The Labute approximate surface area is 196 Å². The van der Waals surface area contributed by atoms with Gasteiger partial charge in [0.25, 0.3) is 0 Å². The van der Waals surface area contributed by atoms with Gasteiger partial charge >= 0.3 is 0 Å². The van der Waals surface area contributed by atoms with Gasteiger partial charge in [0, 0.05) is 30.4 Å². The molecule has 9 heteroatoms. The fraction of sp³-hybridized carbons (Fsp3) is 0.364. The van der Waals surface area contributed by atoms with Crippen molar-refractivity contribution in [3.8, 4) is 17.6 Å². The van der Waals surface area contributed by atoms with Crippen molar-refractivity contribution in [1.29, 1.82) is 0 Å². The van der Waals surface area contributed by atoms with Crippen molar-refractivity contribution < 1.29 is 18.9 Å². The molecular formula is C22H25IN3O4P. The van der Waals surface area contributed by atoms with Crippen LogP contribution in [0.25, 0.3) is 0 Å². The minimum atomic E-state index is -0.788. The fourth-order valence-corrected chi connectivity index (χ4v) is 3.76. The van der Waals surface area contributed by atoms with Crippen LogP contribution in [0.4, 0.5) is 0 Å². The number of aromatic nitrogens is 3. The van der Waals surface area contributed by atoms with E-state index in [1.165, 1.54) is 0 Å². The molecule has 2 unspecified atom stereocenters. The van der Waals surface area contributed by atoms with Crippen molar-refractivity contribution in [2.75, 3.05) is 13.2 Å². The molecule has 2 aromatic heterocycles. The second kappa shape index (κ2) is 12.8. The maximum Gasteiger partial charge on any atom is 0.210 e. The lowest BCUT2D eigenvalue weighted by atomic mass is 10.2. The number of aliphatic hydroxyl groups excluding tert-OH is 1. The number of imidazole rings is 1. The van der Waals surface area contributed by atoms with Gasteiger partial charge in [-0.3, -0.25) is 0 Å². The molecule has 0 saturated heterocycles. The molecule has 0 aliphatic carbocycles. The van der Waals surface area contributed by atoms with Crippen LogP contribution in [0.1, 0.15) is 48.7 Å². The third-order valence-electron chi connectivity index (χ3n) is 4.51. The van der Waals surface area contributed by atoms with Crippen LogP contribution in [-0.2, 0) is 17.5 Å². The lowest BCUT2D eigenvalue weighted by molar-refractivity contribution is 0.146. The van der Waals surface area contributed by atoms with Crippen LogP contribution >= 0.6 is 28.5 Å². The van der Waals surface area contributed by atoms with E-state index in [1.54, 1.807) is 12.3 Å². The number of unbranched alkanes of at least 4 members (excludes halogenated alkanes) is 1. The highest BCUT2D eigenvalue weighted by molar-refractivity contribution is 14.2. The van der Waals surface area contributed by atoms with E-state index in [0.29, 0.717) is 31.1 Å². The van der Waals surface area contributed by atoms with Gasteiger partial charge in [0.1, 0.15) is 23.4 Å². The molecule has 0 saturated carbocycles. The summed E-state index contributed by atoms with van der Waals surface area (Å²) in [4.78, 5) is 4.26. The molecule has 31 heavy (non-hydrogen) atoms. The van der Waals surface area contributed by atoms with Crippen molar-refractivity contribution >= 4 is 28.5 Å². The standard InChI is InChI=1S/C22H25IN3O4P/c1-2-22-24-11-12-26(22)16-21(27)20-15-19(30-25-20)10-7-17-5-8-18(9-6-17)28-13-3-4-14-29-31-23/h5-6,8-9,11-12,15,21,27,31H,2-4,13-14,16H2,1H3. The lowest BCUT2D eigenvalue weighted by Gasteiger charge is -2.10. The number of nitrogens with zero attached hydrogens (tertiary/aromatic N) is 3. The first-order valence-electron chi connectivity index (χ1n) is 10.1. The van der Waals surface area contributed by atoms with E-state index in [9.17, 15) is 5.11 Å². The number of ether oxygens (including phenoxy) is 1. The summed E-state index contributed by atoms with van der Waals surface area (Å²) in [6, 6.07) is 9.28. The molecule has 2 heterocycles. The van der Waals surface area contributed by atoms with E-state index >= 15 is 0 Å². The number of aryl methyl sites for hydroxylation is 1. The van der Waals surface area contributed by atoms with Crippen LogP contribution in [0.3, 0.4) is 0 Å². The molecule has 164 valence electrons. The van der Waals surface area contributed by atoms with Gasteiger partial charge in [-0.15, -0.1) is 0 Å². The Bertz CT molecular complexity index is 994. The highest BCUT2D eigenvalue weighted by Gasteiger charge is 2.15. The number of halogens is 1. The zero-order valence-corrected chi connectivity index (χ0v) is 20.4. The Balaban J connectivity index is 1.50. The maximum atomic E-state index is 10.4. The average molecular weight is 553 g/mol. The summed E-state index contributed by atoms with van der Waals surface area (Å²) in [5.41, 5.74) is 1.29. The first-order chi connectivity index (χ1) is 15.2. The van der Waals surface area contributed by atoms with E-state index in [4.69, 9.17) is 13.8 Å². The van der Waals surface area contributed by atoms with Crippen LogP contribution in [0, 0.1) is 11.8 Å². The van der Waals surface area contributed by atoms with Crippen molar-refractivity contribution in [1.82, 2.24) is 14.7 Å². The monoisotopic (exact) mass is 553 g/mol. The summed E-state index contributed by atoms with van der Waals surface area (Å²) in [5, 5.41) is 14.4. The molecule has 3 aromatic rings. The molecule has 2 atom stereocenters. The molecule has 3 rings (SSSR count). The van der Waals surface area contributed by atoms with Crippen molar-refractivity contribution in [3.05, 3.63) is 65.6 Å². The van der Waals surface area contributed by atoms with Gasteiger partial charge < -0.3 is 23.5 Å². The van der Waals surface area contributed by atoms with Crippen molar-refractivity contribution in [2.24, 2.45) is 0 Å². The van der Waals surface area contributed by atoms with Crippen LogP contribution in [0.15, 0.2) is 47.2 Å². The second-order valence-corrected chi connectivity index (χ2v) is 8.50. The molecule has 0 aliphatic heterocycles. The minimum Gasteiger partial charge on any atom is -0.494 e. The molecule has 0 bridgehead atoms. The predicted molar refractivity (Wildman–Crippen MR) is 129 cm³/mol. The molecule has 1 N–H and O–H groups in total. The summed E-state index contributed by atoms with van der Waals surface area (Å²) in [6.45, 7) is 4.36. The number of benzene rings is 1. The Morgan fingerprint density at radius 3 is 2.81 bits per heavy atom. The van der Waals surface area contributed by atoms with Gasteiger partial charge in [-0.05, 0) is 65.1 Å². The van der Waals surface area contributed by atoms with Gasteiger partial charge in [0.05, 0.1) is 26.2 Å². The smallest absolute Gasteiger partial charge is 0.210 e. The highest BCUT2D eigenvalue weighted by Crippen LogP contribution is 2.22. The molecule has 0 fully saturated rings. The number of hydrogen-bond acceptors (Lipinski definition) is 6. The Morgan fingerprint density at radius 1 is 1.23 bits per heavy atom. The zero-order chi connectivity index (χ0) is 21.9. The summed E-state index contributed by atoms with van der Waals surface area (Å²) in [5.74, 6) is 8.13. The SMILES string of the molecule is CCc1nccn1CC(O)c1cc(C#Cc2ccc(OCCCCOPI)cc2)on1. The molecule has 1 aromatic carbocycles. The first kappa shape index (κ1) is 23.7. The summed E-state index contributed by atoms with van der Waals surface area (Å²) in [6.07, 6.45) is 5.54. The number of hydrogen-bond donors (Lipinski definition) is 1.